The van der Waals surface area contributed by atoms with Crippen molar-refractivity contribution >= 4 is 11.0 Å². The van der Waals surface area contributed by atoms with E-state index >= 15 is 0 Å². The molecule has 0 fully saturated rings. The molecule has 5 heteroatoms. The second-order valence-corrected chi connectivity index (χ2v) is 7.56. The Kier molecular flexibility index (Phi) is 4.43. The minimum absolute atomic E-state index is 0.843. The van der Waals surface area contributed by atoms with E-state index in [4.69, 9.17) is 4.98 Å². The number of imidazole rings is 1. The second kappa shape index (κ2) is 7.26. The molecule has 0 aliphatic carbocycles. The lowest BCUT2D eigenvalue weighted by atomic mass is 9.94. The fourth-order valence-corrected chi connectivity index (χ4v) is 4.16. The third-order valence-corrected chi connectivity index (χ3v) is 5.57. The molecular formula is C25H23N5. The van der Waals surface area contributed by atoms with E-state index in [1.807, 2.05) is 0 Å². The molecule has 0 amide bonds. The maximum Gasteiger partial charge on any atom is 0.141 e. The Morgan fingerprint density at radius 1 is 0.867 bits per heavy atom. The zero-order valence-electron chi connectivity index (χ0n) is 17.4. The molecule has 0 saturated carbocycles. The number of hydrogen-bond acceptors (Lipinski definition) is 3. The van der Waals surface area contributed by atoms with Crippen LogP contribution in [0.3, 0.4) is 0 Å². The summed E-state index contributed by atoms with van der Waals surface area (Å²) in [4.78, 5) is 9.11. The Morgan fingerprint density at radius 2 is 1.70 bits per heavy atom. The number of benzene rings is 3. The van der Waals surface area contributed by atoms with Crippen LogP contribution in [0.1, 0.15) is 18.1 Å². The average Bonchev–Trinajstić information content (AvgIpc) is 3.41. The molecule has 0 N–H and O–H groups in total. The summed E-state index contributed by atoms with van der Waals surface area (Å²) >= 11 is 0. The van der Waals surface area contributed by atoms with Crippen LogP contribution in [0.5, 0.6) is 0 Å². The van der Waals surface area contributed by atoms with Crippen molar-refractivity contribution in [2.45, 2.75) is 27.3 Å². The fraction of sp³-hybridized carbons (Fsp3) is 0.160. The SMILES string of the molecule is CCn1c(-c2ccccc2-c2ccc(C)cc2C)nc2cc(-n3cncn3)ccc21. The Morgan fingerprint density at radius 3 is 2.43 bits per heavy atom. The lowest BCUT2D eigenvalue weighted by molar-refractivity contribution is 0.796. The Labute approximate surface area is 175 Å². The van der Waals surface area contributed by atoms with Crippen molar-refractivity contribution in [1.29, 1.82) is 0 Å². The Balaban J connectivity index is 1.72. The first-order valence-electron chi connectivity index (χ1n) is 10.2. The van der Waals surface area contributed by atoms with Crippen molar-refractivity contribution in [1.82, 2.24) is 24.3 Å². The molecule has 0 saturated heterocycles. The van der Waals surface area contributed by atoms with Crippen LogP contribution in [0.25, 0.3) is 39.2 Å². The minimum Gasteiger partial charge on any atom is -0.324 e. The molecule has 0 bridgehead atoms. The molecule has 0 radical (unpaired) electrons. The van der Waals surface area contributed by atoms with Crippen molar-refractivity contribution < 1.29 is 0 Å². The number of hydrogen-bond donors (Lipinski definition) is 0. The van der Waals surface area contributed by atoms with Gasteiger partial charge in [-0.2, -0.15) is 5.10 Å². The van der Waals surface area contributed by atoms with E-state index in [1.54, 1.807) is 17.3 Å². The smallest absolute Gasteiger partial charge is 0.141 e. The first-order chi connectivity index (χ1) is 14.7. The van der Waals surface area contributed by atoms with Crippen molar-refractivity contribution in [2.24, 2.45) is 0 Å². The third kappa shape index (κ3) is 2.99. The van der Waals surface area contributed by atoms with Crippen LogP contribution in [0.2, 0.25) is 0 Å². The molecular weight excluding hydrogens is 370 g/mol. The summed E-state index contributed by atoms with van der Waals surface area (Å²) in [6, 6.07) is 21.4. The first kappa shape index (κ1) is 18.3. The van der Waals surface area contributed by atoms with E-state index in [9.17, 15) is 0 Å². The largest absolute Gasteiger partial charge is 0.324 e. The average molecular weight is 393 g/mol. The van der Waals surface area contributed by atoms with Gasteiger partial charge in [0.05, 0.1) is 16.7 Å². The van der Waals surface area contributed by atoms with E-state index in [1.165, 1.54) is 22.3 Å². The topological polar surface area (TPSA) is 48.5 Å². The number of aryl methyl sites for hydroxylation is 3. The van der Waals surface area contributed by atoms with Gasteiger partial charge in [-0.15, -0.1) is 0 Å². The van der Waals surface area contributed by atoms with E-state index in [-0.39, 0.29) is 0 Å². The van der Waals surface area contributed by atoms with Crippen molar-refractivity contribution in [3.05, 3.63) is 84.4 Å². The van der Waals surface area contributed by atoms with Gasteiger partial charge in [0.15, 0.2) is 0 Å². The summed E-state index contributed by atoms with van der Waals surface area (Å²) in [5.74, 6) is 0.985. The van der Waals surface area contributed by atoms with Gasteiger partial charge < -0.3 is 4.57 Å². The molecule has 2 aromatic heterocycles. The highest BCUT2D eigenvalue weighted by atomic mass is 15.3. The standard InChI is InChI=1S/C25H23N5/c1-4-29-24-12-10-19(30-16-26-15-27-30)14-23(24)28-25(29)22-8-6-5-7-21(22)20-11-9-17(2)13-18(20)3/h5-16H,4H2,1-3H3. The van der Waals surface area contributed by atoms with Gasteiger partial charge in [0, 0.05) is 12.1 Å². The summed E-state index contributed by atoms with van der Waals surface area (Å²) in [6.07, 6.45) is 3.24. The summed E-state index contributed by atoms with van der Waals surface area (Å²) in [5.41, 5.74) is 9.16. The van der Waals surface area contributed by atoms with Crippen LogP contribution in [-0.4, -0.2) is 24.3 Å². The summed E-state index contributed by atoms with van der Waals surface area (Å²) < 4.78 is 4.04. The normalized spacial score (nSPS) is 11.3. The van der Waals surface area contributed by atoms with Crippen molar-refractivity contribution in [3.8, 4) is 28.2 Å². The van der Waals surface area contributed by atoms with Gasteiger partial charge in [0.25, 0.3) is 0 Å². The van der Waals surface area contributed by atoms with Crippen molar-refractivity contribution in [3.63, 3.8) is 0 Å². The quantitative estimate of drug-likeness (QED) is 0.400. The van der Waals surface area contributed by atoms with Gasteiger partial charge in [0.2, 0.25) is 0 Å². The van der Waals surface area contributed by atoms with Crippen LogP contribution >= 0.6 is 0 Å². The molecule has 148 valence electrons. The predicted octanol–water partition coefficient (Wildman–Crippen LogP) is 5.59. The van der Waals surface area contributed by atoms with E-state index in [0.717, 1.165) is 34.7 Å². The molecule has 0 aliphatic heterocycles. The minimum atomic E-state index is 0.843. The van der Waals surface area contributed by atoms with Crippen molar-refractivity contribution in [2.75, 3.05) is 0 Å². The maximum absolute atomic E-state index is 5.06. The van der Waals surface area contributed by atoms with Crippen LogP contribution < -0.4 is 0 Å². The lowest BCUT2D eigenvalue weighted by Crippen LogP contribution is -1.99. The monoisotopic (exact) mass is 393 g/mol. The molecule has 0 atom stereocenters. The molecule has 0 spiro atoms. The molecule has 0 unspecified atom stereocenters. The van der Waals surface area contributed by atoms with Crippen LogP contribution in [0.4, 0.5) is 0 Å². The third-order valence-electron chi connectivity index (χ3n) is 5.57. The molecule has 3 aromatic carbocycles. The van der Waals surface area contributed by atoms with Gasteiger partial charge in [-0.05, 0) is 55.7 Å². The highest BCUT2D eigenvalue weighted by Gasteiger charge is 2.17. The maximum atomic E-state index is 5.06. The molecule has 5 nitrogen and oxygen atoms in total. The number of aromatic nitrogens is 5. The van der Waals surface area contributed by atoms with Gasteiger partial charge in [-0.1, -0.05) is 48.0 Å². The summed E-state index contributed by atoms with van der Waals surface area (Å²) in [7, 11) is 0. The summed E-state index contributed by atoms with van der Waals surface area (Å²) in [5, 5.41) is 4.24. The van der Waals surface area contributed by atoms with E-state index in [0.29, 0.717) is 0 Å². The molecule has 2 heterocycles. The van der Waals surface area contributed by atoms with Crippen LogP contribution in [0, 0.1) is 13.8 Å². The number of fused-ring (bicyclic) bond motifs is 1. The number of rotatable bonds is 4. The highest BCUT2D eigenvalue weighted by Crippen LogP contribution is 2.35. The summed E-state index contributed by atoms with van der Waals surface area (Å²) in [6.45, 7) is 7.31. The fourth-order valence-electron chi connectivity index (χ4n) is 4.16. The highest BCUT2D eigenvalue weighted by molar-refractivity contribution is 5.88. The molecule has 0 aliphatic rings. The Hall–Kier alpha value is -3.73. The Bertz CT molecular complexity index is 1350. The van der Waals surface area contributed by atoms with Gasteiger partial charge in [-0.25, -0.2) is 14.6 Å². The second-order valence-electron chi connectivity index (χ2n) is 7.56. The van der Waals surface area contributed by atoms with E-state index in [2.05, 4.69) is 96.1 Å². The molecule has 5 rings (SSSR count). The van der Waals surface area contributed by atoms with Gasteiger partial charge in [0.1, 0.15) is 18.5 Å². The number of nitrogens with zero attached hydrogens (tertiary/aromatic N) is 5. The molecule has 30 heavy (non-hydrogen) atoms. The lowest BCUT2D eigenvalue weighted by Gasteiger charge is -2.14. The molecule has 5 aromatic rings. The zero-order chi connectivity index (χ0) is 20.7. The zero-order valence-corrected chi connectivity index (χ0v) is 17.4. The predicted molar refractivity (Wildman–Crippen MR) is 121 cm³/mol. The van der Waals surface area contributed by atoms with Crippen LogP contribution in [0.15, 0.2) is 73.3 Å². The first-order valence-corrected chi connectivity index (χ1v) is 10.2. The van der Waals surface area contributed by atoms with Gasteiger partial charge in [-0.3, -0.25) is 0 Å². The van der Waals surface area contributed by atoms with Gasteiger partial charge >= 0.3 is 0 Å². The van der Waals surface area contributed by atoms with E-state index < -0.39 is 0 Å². The van der Waals surface area contributed by atoms with Crippen LogP contribution in [-0.2, 0) is 6.54 Å².